The minimum Gasteiger partial charge on any atom is -0.262 e. The van der Waals surface area contributed by atoms with Crippen LogP contribution in [0.2, 0.25) is 0 Å². The fraction of sp³-hybridized carbons (Fsp3) is 0.222. The van der Waals surface area contributed by atoms with Crippen LogP contribution in [-0.2, 0) is 6.42 Å². The Kier molecular flexibility index (Phi) is 3.23. The zero-order valence-corrected chi connectivity index (χ0v) is 9.22. The summed E-state index contributed by atoms with van der Waals surface area (Å²) >= 11 is 6.93. The summed E-state index contributed by atoms with van der Waals surface area (Å²) in [5.41, 5.74) is 0.434. The zero-order chi connectivity index (χ0) is 10.7. The van der Waals surface area contributed by atoms with Crippen LogP contribution in [0.5, 0.6) is 0 Å². The second-order valence-electron chi connectivity index (χ2n) is 2.80. The Bertz CT molecular complexity index is 460. The van der Waals surface area contributed by atoms with E-state index in [1.165, 1.54) is 17.5 Å². The quantitative estimate of drug-likeness (QED) is 0.778. The number of aromatic nitrogens is 3. The van der Waals surface area contributed by atoms with Crippen molar-refractivity contribution in [1.29, 1.82) is 0 Å². The van der Waals surface area contributed by atoms with Crippen LogP contribution in [0.25, 0.3) is 10.6 Å². The van der Waals surface area contributed by atoms with E-state index in [4.69, 9.17) is 11.6 Å². The highest BCUT2D eigenvalue weighted by Crippen LogP contribution is 2.25. The molecule has 2 rings (SSSR count). The number of alkyl halides is 1. The van der Waals surface area contributed by atoms with Crippen LogP contribution in [0, 0.1) is 5.82 Å². The summed E-state index contributed by atoms with van der Waals surface area (Å²) in [4.78, 5) is 3.67. The summed E-state index contributed by atoms with van der Waals surface area (Å²) in [5, 5.41) is 9.21. The van der Waals surface area contributed by atoms with E-state index < -0.39 is 0 Å². The van der Waals surface area contributed by atoms with E-state index in [9.17, 15) is 4.39 Å². The predicted molar refractivity (Wildman–Crippen MR) is 57.5 cm³/mol. The van der Waals surface area contributed by atoms with E-state index >= 15 is 0 Å². The van der Waals surface area contributed by atoms with Crippen LogP contribution in [0.15, 0.2) is 18.5 Å². The number of hydrogen-bond acceptors (Lipinski definition) is 4. The maximum absolute atomic E-state index is 13.3. The first-order chi connectivity index (χ1) is 7.31. The van der Waals surface area contributed by atoms with Gasteiger partial charge < -0.3 is 0 Å². The Labute approximate surface area is 95.0 Å². The lowest BCUT2D eigenvalue weighted by Crippen LogP contribution is -1.84. The van der Waals surface area contributed by atoms with Crippen molar-refractivity contribution >= 4 is 22.9 Å². The molecule has 2 aromatic rings. The molecule has 0 N–H and O–H groups in total. The van der Waals surface area contributed by atoms with Crippen LogP contribution in [-0.4, -0.2) is 21.1 Å². The molecular formula is C9H7ClFN3S. The largest absolute Gasteiger partial charge is 0.262 e. The first-order valence-corrected chi connectivity index (χ1v) is 5.64. The second kappa shape index (κ2) is 4.63. The highest BCUT2D eigenvalue weighted by Gasteiger charge is 2.10. The molecule has 0 fully saturated rings. The number of halogens is 2. The van der Waals surface area contributed by atoms with Gasteiger partial charge in [-0.3, -0.25) is 4.98 Å². The lowest BCUT2D eigenvalue weighted by Gasteiger charge is -1.94. The number of nitrogens with zero attached hydrogens (tertiary/aromatic N) is 3. The molecule has 0 aliphatic carbocycles. The van der Waals surface area contributed by atoms with Gasteiger partial charge in [-0.2, -0.15) is 0 Å². The molecule has 0 radical (unpaired) electrons. The number of aryl methyl sites for hydroxylation is 1. The summed E-state index contributed by atoms with van der Waals surface area (Å²) in [6.45, 7) is 0. The maximum Gasteiger partial charge on any atom is 0.151 e. The smallest absolute Gasteiger partial charge is 0.151 e. The molecule has 0 saturated carbocycles. The molecule has 0 unspecified atom stereocenters. The van der Waals surface area contributed by atoms with Crippen molar-refractivity contribution in [3.8, 4) is 10.6 Å². The van der Waals surface area contributed by atoms with Gasteiger partial charge >= 0.3 is 0 Å². The molecule has 15 heavy (non-hydrogen) atoms. The Hall–Kier alpha value is -1.07. The van der Waals surface area contributed by atoms with E-state index in [0.717, 1.165) is 11.2 Å². The molecular weight excluding hydrogens is 237 g/mol. The molecule has 0 aliphatic rings. The van der Waals surface area contributed by atoms with Gasteiger partial charge in [0.15, 0.2) is 10.8 Å². The van der Waals surface area contributed by atoms with E-state index in [0.29, 0.717) is 22.9 Å². The fourth-order valence-electron chi connectivity index (χ4n) is 1.09. The van der Waals surface area contributed by atoms with Crippen molar-refractivity contribution in [2.75, 3.05) is 5.88 Å². The minimum absolute atomic E-state index is 0.383. The van der Waals surface area contributed by atoms with Crippen molar-refractivity contribution in [3.05, 3.63) is 29.3 Å². The van der Waals surface area contributed by atoms with Gasteiger partial charge in [-0.05, 0) is 6.07 Å². The fourth-order valence-corrected chi connectivity index (χ4v) is 2.25. The summed E-state index contributed by atoms with van der Waals surface area (Å²) in [7, 11) is 0. The summed E-state index contributed by atoms with van der Waals surface area (Å²) in [6.07, 6.45) is 3.35. The second-order valence-corrected chi connectivity index (χ2v) is 4.24. The third kappa shape index (κ3) is 2.30. The van der Waals surface area contributed by atoms with Gasteiger partial charge in [-0.1, -0.05) is 11.3 Å². The molecule has 0 amide bonds. The standard InChI is InChI=1S/C9H7ClFN3S/c10-3-1-8-13-14-9(15-8)6-2-4-12-5-7(6)11/h2,4-5H,1,3H2. The van der Waals surface area contributed by atoms with E-state index in [1.54, 1.807) is 6.07 Å². The topological polar surface area (TPSA) is 38.7 Å². The van der Waals surface area contributed by atoms with E-state index in [1.807, 2.05) is 0 Å². The molecule has 0 spiro atoms. The Morgan fingerprint density at radius 2 is 2.27 bits per heavy atom. The van der Waals surface area contributed by atoms with Crippen molar-refractivity contribution in [2.24, 2.45) is 0 Å². The monoisotopic (exact) mass is 243 g/mol. The van der Waals surface area contributed by atoms with Crippen LogP contribution >= 0.6 is 22.9 Å². The lowest BCUT2D eigenvalue weighted by atomic mass is 10.3. The third-order valence-electron chi connectivity index (χ3n) is 1.78. The summed E-state index contributed by atoms with van der Waals surface area (Å²) < 4.78 is 13.3. The molecule has 2 heterocycles. The summed E-state index contributed by atoms with van der Waals surface area (Å²) in [5.74, 6) is 0.110. The molecule has 0 saturated heterocycles. The minimum atomic E-state index is -0.383. The zero-order valence-electron chi connectivity index (χ0n) is 7.65. The molecule has 0 aliphatic heterocycles. The highest BCUT2D eigenvalue weighted by atomic mass is 35.5. The van der Waals surface area contributed by atoms with Crippen LogP contribution in [0.1, 0.15) is 5.01 Å². The Morgan fingerprint density at radius 1 is 1.40 bits per heavy atom. The van der Waals surface area contributed by atoms with E-state index in [-0.39, 0.29) is 5.82 Å². The van der Waals surface area contributed by atoms with Gasteiger partial charge in [-0.15, -0.1) is 21.8 Å². The van der Waals surface area contributed by atoms with Crippen molar-refractivity contribution in [1.82, 2.24) is 15.2 Å². The van der Waals surface area contributed by atoms with Gasteiger partial charge in [-0.25, -0.2) is 4.39 Å². The van der Waals surface area contributed by atoms with Crippen LogP contribution < -0.4 is 0 Å². The molecule has 0 atom stereocenters. The summed E-state index contributed by atoms with van der Waals surface area (Å²) in [6, 6.07) is 1.58. The van der Waals surface area contributed by atoms with Crippen molar-refractivity contribution in [3.63, 3.8) is 0 Å². The van der Waals surface area contributed by atoms with Gasteiger partial charge in [0.25, 0.3) is 0 Å². The molecule has 0 bridgehead atoms. The molecule has 0 aromatic carbocycles. The molecule has 2 aromatic heterocycles. The van der Waals surface area contributed by atoms with Crippen LogP contribution in [0.4, 0.5) is 4.39 Å². The SMILES string of the molecule is Fc1cnccc1-c1nnc(CCCl)s1. The van der Waals surface area contributed by atoms with Crippen molar-refractivity contribution in [2.45, 2.75) is 6.42 Å². The average molecular weight is 244 g/mol. The predicted octanol–water partition coefficient (Wildman–Crippen LogP) is 2.52. The Balaban J connectivity index is 2.33. The lowest BCUT2D eigenvalue weighted by molar-refractivity contribution is 0.624. The van der Waals surface area contributed by atoms with Crippen LogP contribution in [0.3, 0.4) is 0 Å². The first kappa shape index (κ1) is 10.4. The van der Waals surface area contributed by atoms with Gasteiger partial charge in [0.2, 0.25) is 0 Å². The number of hydrogen-bond donors (Lipinski definition) is 0. The highest BCUT2D eigenvalue weighted by molar-refractivity contribution is 7.14. The first-order valence-electron chi connectivity index (χ1n) is 4.29. The average Bonchev–Trinajstić information content (AvgIpc) is 2.68. The molecule has 6 heteroatoms. The van der Waals surface area contributed by atoms with Gasteiger partial charge in [0.1, 0.15) is 5.01 Å². The number of rotatable bonds is 3. The maximum atomic E-state index is 13.3. The molecule has 78 valence electrons. The van der Waals surface area contributed by atoms with Gasteiger partial charge in [0.05, 0.1) is 11.8 Å². The van der Waals surface area contributed by atoms with E-state index in [2.05, 4.69) is 15.2 Å². The normalized spacial score (nSPS) is 10.5. The van der Waals surface area contributed by atoms with Crippen molar-refractivity contribution < 1.29 is 4.39 Å². The number of pyridine rings is 1. The van der Waals surface area contributed by atoms with Gasteiger partial charge in [0, 0.05) is 18.5 Å². The molecule has 3 nitrogen and oxygen atoms in total. The third-order valence-corrected chi connectivity index (χ3v) is 2.98. The Morgan fingerprint density at radius 3 is 3.00 bits per heavy atom.